The Morgan fingerprint density at radius 1 is 1.14 bits per heavy atom. The maximum Gasteiger partial charge on any atom is 0.243 e. The van der Waals surface area contributed by atoms with E-state index in [1.165, 1.54) is 25.7 Å². The van der Waals surface area contributed by atoms with E-state index in [1.54, 1.807) is 12.4 Å². The van der Waals surface area contributed by atoms with E-state index >= 15 is 0 Å². The van der Waals surface area contributed by atoms with Crippen LogP contribution in [0.1, 0.15) is 50.3 Å². The lowest BCUT2D eigenvalue weighted by Crippen LogP contribution is -2.27. The van der Waals surface area contributed by atoms with Crippen LogP contribution in [0.4, 0.5) is 17.6 Å². The predicted octanol–water partition coefficient (Wildman–Crippen LogP) is 3.62. The number of aliphatic imine (C=N–C) groups is 1. The Kier molecular flexibility index (Phi) is 4.61. The van der Waals surface area contributed by atoms with Crippen molar-refractivity contribution in [3.63, 3.8) is 0 Å². The van der Waals surface area contributed by atoms with Crippen LogP contribution in [0.15, 0.2) is 29.6 Å². The molecule has 150 valence electrons. The minimum Gasteiger partial charge on any atom is -0.371 e. The summed E-state index contributed by atoms with van der Waals surface area (Å²) < 4.78 is 1.90. The van der Waals surface area contributed by atoms with Crippen molar-refractivity contribution in [2.75, 3.05) is 17.7 Å². The maximum atomic E-state index is 4.77. The van der Waals surface area contributed by atoms with Crippen molar-refractivity contribution in [3.8, 4) is 0 Å². The first-order chi connectivity index (χ1) is 14.2. The largest absolute Gasteiger partial charge is 0.371 e. The van der Waals surface area contributed by atoms with Gasteiger partial charge in [-0.15, -0.1) is 5.10 Å². The highest BCUT2D eigenvalue weighted by atomic mass is 15.3. The Hall–Kier alpha value is -3.03. The Bertz CT molecular complexity index is 1070. The summed E-state index contributed by atoms with van der Waals surface area (Å²) in [4.78, 5) is 18.3. The normalized spacial score (nSPS) is 21.5. The van der Waals surface area contributed by atoms with Crippen molar-refractivity contribution < 1.29 is 0 Å². The molecule has 0 bridgehead atoms. The van der Waals surface area contributed by atoms with Gasteiger partial charge >= 0.3 is 0 Å². The summed E-state index contributed by atoms with van der Waals surface area (Å²) in [5.74, 6) is 2.94. The van der Waals surface area contributed by atoms with Crippen LogP contribution in [-0.4, -0.2) is 43.4 Å². The molecule has 2 atom stereocenters. The lowest BCUT2D eigenvalue weighted by Gasteiger charge is -2.27. The third-order valence-corrected chi connectivity index (χ3v) is 5.92. The van der Waals surface area contributed by atoms with Crippen LogP contribution in [0.3, 0.4) is 0 Å². The van der Waals surface area contributed by atoms with Crippen molar-refractivity contribution in [3.05, 3.63) is 35.9 Å². The second kappa shape index (κ2) is 7.42. The van der Waals surface area contributed by atoms with Gasteiger partial charge in [0.1, 0.15) is 5.52 Å². The predicted molar refractivity (Wildman–Crippen MR) is 114 cm³/mol. The molecule has 1 aliphatic carbocycles. The number of rotatable bonds is 4. The molecular weight excluding hydrogens is 364 g/mol. The molecule has 0 amide bonds. The number of aromatic nitrogens is 5. The third-order valence-electron chi connectivity index (χ3n) is 5.92. The number of hydrogen-bond acceptors (Lipinski definition) is 7. The highest BCUT2D eigenvalue weighted by molar-refractivity contribution is 6.10. The van der Waals surface area contributed by atoms with Gasteiger partial charge in [-0.2, -0.15) is 4.98 Å². The Morgan fingerprint density at radius 2 is 2.03 bits per heavy atom. The van der Waals surface area contributed by atoms with Crippen LogP contribution in [0, 0.1) is 5.92 Å². The lowest BCUT2D eigenvalue weighted by atomic mass is 9.87. The van der Waals surface area contributed by atoms with Crippen LogP contribution >= 0.6 is 0 Å². The van der Waals surface area contributed by atoms with Gasteiger partial charge in [0, 0.05) is 37.2 Å². The molecule has 0 radical (unpaired) electrons. The van der Waals surface area contributed by atoms with Crippen LogP contribution in [0.2, 0.25) is 0 Å². The molecule has 0 aromatic carbocycles. The van der Waals surface area contributed by atoms with Crippen molar-refractivity contribution in [1.82, 2.24) is 24.6 Å². The topological polar surface area (TPSA) is 92.4 Å². The fourth-order valence-corrected chi connectivity index (χ4v) is 4.49. The quantitative estimate of drug-likeness (QED) is 0.707. The second-order valence-electron chi connectivity index (χ2n) is 8.05. The summed E-state index contributed by atoms with van der Waals surface area (Å²) >= 11 is 0. The Balaban J connectivity index is 1.50. The molecule has 8 nitrogen and oxygen atoms in total. The molecule has 1 unspecified atom stereocenters. The number of nitrogens with zero attached hydrogens (tertiary/aromatic N) is 6. The van der Waals surface area contributed by atoms with Crippen molar-refractivity contribution in [2.24, 2.45) is 10.9 Å². The van der Waals surface area contributed by atoms with E-state index in [9.17, 15) is 0 Å². The molecule has 2 N–H and O–H groups in total. The molecule has 29 heavy (non-hydrogen) atoms. The summed E-state index contributed by atoms with van der Waals surface area (Å²) in [6.45, 7) is 2.32. The Morgan fingerprint density at radius 3 is 2.90 bits per heavy atom. The van der Waals surface area contributed by atoms with Crippen LogP contribution in [-0.2, 0) is 6.42 Å². The molecular formula is C21H26N8. The van der Waals surface area contributed by atoms with Gasteiger partial charge < -0.3 is 10.6 Å². The molecule has 5 rings (SSSR count). The molecule has 0 spiro atoms. The second-order valence-corrected chi connectivity index (χ2v) is 8.05. The first kappa shape index (κ1) is 18.0. The number of hydrogen-bond donors (Lipinski definition) is 2. The lowest BCUT2D eigenvalue weighted by molar-refractivity contribution is 0.357. The minimum atomic E-state index is 0.439. The van der Waals surface area contributed by atoms with Gasteiger partial charge in [-0.05, 0) is 37.7 Å². The molecule has 1 fully saturated rings. The molecule has 4 heterocycles. The average molecular weight is 390 g/mol. The van der Waals surface area contributed by atoms with Gasteiger partial charge in [-0.25, -0.2) is 14.5 Å². The van der Waals surface area contributed by atoms with Gasteiger partial charge in [0.25, 0.3) is 0 Å². The molecule has 1 aliphatic heterocycles. The first-order valence-electron chi connectivity index (χ1n) is 10.4. The summed E-state index contributed by atoms with van der Waals surface area (Å²) in [5, 5.41) is 11.5. The van der Waals surface area contributed by atoms with E-state index in [-0.39, 0.29) is 0 Å². The highest BCUT2D eigenvalue weighted by Crippen LogP contribution is 2.29. The van der Waals surface area contributed by atoms with Crippen LogP contribution in [0.25, 0.3) is 5.52 Å². The van der Waals surface area contributed by atoms with Gasteiger partial charge in [-0.1, -0.05) is 19.8 Å². The smallest absolute Gasteiger partial charge is 0.243 e. The van der Waals surface area contributed by atoms with Crippen molar-refractivity contribution >= 4 is 28.8 Å². The number of fused-ring (bicyclic) bond motifs is 2. The standard InChI is InChI=1S/C21H26N8/c1-13-4-3-5-14(12-13)25-21-27-20(22-2)18-15(8-11-29(18)28-21)16-6-7-17-19(26-16)24-10-9-23-17/h8-11,13-14H,3-7,12H2,1-2H3,(H2,22,25,27,28)/t13?,14-/m0/s1. The zero-order valence-electron chi connectivity index (χ0n) is 16.9. The summed E-state index contributed by atoms with van der Waals surface area (Å²) in [7, 11) is 1.90. The molecule has 1 saturated carbocycles. The van der Waals surface area contributed by atoms with E-state index in [1.807, 2.05) is 17.8 Å². The molecule has 2 aliphatic rings. The average Bonchev–Trinajstić information content (AvgIpc) is 3.17. The first-order valence-corrected chi connectivity index (χ1v) is 10.4. The van der Waals surface area contributed by atoms with E-state index in [0.717, 1.165) is 47.1 Å². The van der Waals surface area contributed by atoms with Gasteiger partial charge in [0.15, 0.2) is 11.6 Å². The minimum absolute atomic E-state index is 0.439. The summed E-state index contributed by atoms with van der Waals surface area (Å²) in [5.41, 5.74) is 3.95. The molecule has 3 aromatic rings. The monoisotopic (exact) mass is 390 g/mol. The fraction of sp³-hybridized carbons (Fsp3) is 0.476. The number of aryl methyl sites for hydroxylation is 1. The Labute approximate surface area is 169 Å². The van der Waals surface area contributed by atoms with Gasteiger partial charge in [0.2, 0.25) is 5.95 Å². The van der Waals surface area contributed by atoms with Crippen LogP contribution in [0.5, 0.6) is 0 Å². The summed E-state index contributed by atoms with van der Waals surface area (Å²) in [6.07, 6.45) is 12.0. The van der Waals surface area contributed by atoms with Crippen LogP contribution < -0.4 is 10.6 Å². The zero-order valence-corrected chi connectivity index (χ0v) is 16.9. The van der Waals surface area contributed by atoms with Crippen molar-refractivity contribution in [1.29, 1.82) is 0 Å². The van der Waals surface area contributed by atoms with E-state index in [0.29, 0.717) is 17.8 Å². The van der Waals surface area contributed by atoms with Gasteiger partial charge in [-0.3, -0.25) is 4.98 Å². The van der Waals surface area contributed by atoms with E-state index < -0.39 is 0 Å². The van der Waals surface area contributed by atoms with E-state index in [2.05, 4.69) is 33.6 Å². The molecule has 8 heteroatoms. The van der Waals surface area contributed by atoms with Gasteiger partial charge in [0.05, 0.1) is 11.4 Å². The van der Waals surface area contributed by atoms with E-state index in [4.69, 9.17) is 15.1 Å². The van der Waals surface area contributed by atoms with Crippen molar-refractivity contribution in [2.45, 2.75) is 51.5 Å². The SMILES string of the molecule is CNc1nc(N[C@H]2CCCC(C)C2)nn2ccc(C3=Nc4nccnc4CC3)c12. The molecule has 0 saturated heterocycles. The molecule has 3 aromatic heterocycles. The zero-order chi connectivity index (χ0) is 19.8. The fourth-order valence-electron chi connectivity index (χ4n) is 4.49. The third kappa shape index (κ3) is 3.43. The number of nitrogens with one attached hydrogen (secondary N) is 2. The maximum absolute atomic E-state index is 4.77. The number of anilines is 2. The summed E-state index contributed by atoms with van der Waals surface area (Å²) in [6, 6.07) is 2.51. The highest BCUT2D eigenvalue weighted by Gasteiger charge is 2.23.